The summed E-state index contributed by atoms with van der Waals surface area (Å²) in [5, 5.41) is 9.65. The predicted octanol–water partition coefficient (Wildman–Crippen LogP) is 5.25. The highest BCUT2D eigenvalue weighted by Gasteiger charge is 2.34. The minimum atomic E-state index is -0.833. The summed E-state index contributed by atoms with van der Waals surface area (Å²) in [6, 6.07) is 16.1. The fraction of sp³-hybridized carbons (Fsp3) is 0.190. The van der Waals surface area contributed by atoms with Crippen molar-refractivity contribution in [2.75, 3.05) is 0 Å². The van der Waals surface area contributed by atoms with E-state index in [0.29, 0.717) is 0 Å². The van der Waals surface area contributed by atoms with Gasteiger partial charge in [-0.05, 0) is 41.7 Å². The minimum absolute atomic E-state index is 0.498. The number of carboxylic acids is 1. The van der Waals surface area contributed by atoms with Crippen molar-refractivity contribution in [2.45, 2.75) is 18.2 Å². The summed E-state index contributed by atoms with van der Waals surface area (Å²) in [6.45, 7) is 4.08. The summed E-state index contributed by atoms with van der Waals surface area (Å²) >= 11 is 3.84. The molecule has 0 heterocycles. The molecule has 2 aromatic carbocycles. The molecule has 1 aliphatic carbocycles. The third kappa shape index (κ3) is 2.96. The van der Waals surface area contributed by atoms with Gasteiger partial charge in [-0.15, -0.1) is 0 Å². The molecule has 0 aromatic heterocycles. The number of hydrogen-bond donors (Lipinski definition) is 1. The van der Waals surface area contributed by atoms with E-state index in [1.807, 2.05) is 55.5 Å². The van der Waals surface area contributed by atoms with Gasteiger partial charge in [0.25, 0.3) is 0 Å². The largest absolute Gasteiger partial charge is 0.481 e. The average molecular weight is 383 g/mol. The highest BCUT2D eigenvalue weighted by Crippen LogP contribution is 2.44. The van der Waals surface area contributed by atoms with Crippen LogP contribution in [-0.4, -0.2) is 11.1 Å². The Morgan fingerprint density at radius 1 is 1.04 bits per heavy atom. The van der Waals surface area contributed by atoms with Gasteiger partial charge in [0, 0.05) is 0 Å². The summed E-state index contributed by atoms with van der Waals surface area (Å²) in [4.78, 5) is 11.8. The third-order valence-electron chi connectivity index (χ3n) is 4.51. The van der Waals surface area contributed by atoms with Crippen LogP contribution in [0.4, 0.5) is 0 Å². The van der Waals surface area contributed by atoms with E-state index in [-0.39, 0.29) is 0 Å². The molecule has 0 saturated heterocycles. The standard InChI is InChI=1S/C21H19BrO2/c1-14-7-3-5-9-16(14)18-13-21(22,12-11-17(18)20(23)24)19-10-6-4-8-15(19)2/h3-13,17H,1-2H3,(H,23,24). The molecule has 2 atom stereocenters. The van der Waals surface area contributed by atoms with Crippen molar-refractivity contribution in [1.82, 2.24) is 0 Å². The van der Waals surface area contributed by atoms with Gasteiger partial charge in [0.1, 0.15) is 5.92 Å². The molecule has 122 valence electrons. The number of carboxylic acid groups (broad SMARTS) is 1. The van der Waals surface area contributed by atoms with Crippen molar-refractivity contribution in [1.29, 1.82) is 0 Å². The van der Waals surface area contributed by atoms with Gasteiger partial charge in [0.15, 0.2) is 0 Å². The number of alkyl halides is 1. The lowest BCUT2D eigenvalue weighted by Crippen LogP contribution is -2.24. The summed E-state index contributed by atoms with van der Waals surface area (Å²) in [5.41, 5.74) is 5.16. The van der Waals surface area contributed by atoms with E-state index >= 15 is 0 Å². The molecule has 3 heteroatoms. The molecule has 0 saturated carbocycles. The van der Waals surface area contributed by atoms with Crippen LogP contribution >= 0.6 is 15.9 Å². The Hall–Kier alpha value is -2.13. The summed E-state index contributed by atoms with van der Waals surface area (Å²) in [6.07, 6.45) is 5.76. The highest BCUT2D eigenvalue weighted by atomic mass is 79.9. The SMILES string of the molecule is Cc1ccccc1C1=CC(Br)(c2ccccc2C)C=CC1C(=O)O. The van der Waals surface area contributed by atoms with E-state index in [2.05, 4.69) is 35.0 Å². The zero-order valence-corrected chi connectivity index (χ0v) is 15.2. The van der Waals surface area contributed by atoms with Crippen molar-refractivity contribution in [2.24, 2.45) is 5.92 Å². The minimum Gasteiger partial charge on any atom is -0.481 e. The Morgan fingerprint density at radius 2 is 1.67 bits per heavy atom. The Morgan fingerprint density at radius 3 is 2.29 bits per heavy atom. The van der Waals surface area contributed by atoms with Crippen molar-refractivity contribution >= 4 is 27.5 Å². The van der Waals surface area contributed by atoms with Gasteiger partial charge in [-0.25, -0.2) is 0 Å². The van der Waals surface area contributed by atoms with Gasteiger partial charge >= 0.3 is 5.97 Å². The van der Waals surface area contributed by atoms with Gasteiger partial charge in [0.05, 0.1) is 4.32 Å². The lowest BCUT2D eigenvalue weighted by Gasteiger charge is -2.30. The maximum absolute atomic E-state index is 11.8. The number of halogens is 1. The molecule has 0 amide bonds. The lowest BCUT2D eigenvalue weighted by molar-refractivity contribution is -0.138. The van der Waals surface area contributed by atoms with Crippen LogP contribution in [0.3, 0.4) is 0 Å². The summed E-state index contributed by atoms with van der Waals surface area (Å²) < 4.78 is -0.498. The topological polar surface area (TPSA) is 37.3 Å². The first-order valence-corrected chi connectivity index (χ1v) is 8.67. The summed E-state index contributed by atoms with van der Waals surface area (Å²) in [5.74, 6) is -1.47. The fourth-order valence-electron chi connectivity index (χ4n) is 3.23. The smallest absolute Gasteiger partial charge is 0.314 e. The molecule has 1 aliphatic rings. The monoisotopic (exact) mass is 382 g/mol. The van der Waals surface area contributed by atoms with E-state index in [1.54, 1.807) is 6.08 Å². The zero-order chi connectivity index (χ0) is 17.3. The van der Waals surface area contributed by atoms with Crippen molar-refractivity contribution in [3.05, 3.63) is 89.0 Å². The Bertz CT molecular complexity index is 850. The number of carbonyl (C=O) groups is 1. The number of rotatable bonds is 3. The molecular formula is C21H19BrO2. The van der Waals surface area contributed by atoms with Crippen molar-refractivity contribution in [3.8, 4) is 0 Å². The van der Waals surface area contributed by atoms with Crippen LogP contribution in [0.25, 0.3) is 5.57 Å². The van der Waals surface area contributed by atoms with E-state index in [9.17, 15) is 9.90 Å². The molecule has 0 aliphatic heterocycles. The van der Waals surface area contributed by atoms with Crippen LogP contribution in [0.15, 0.2) is 66.8 Å². The second-order valence-corrected chi connectivity index (χ2v) is 7.48. The molecule has 0 bridgehead atoms. The molecule has 3 rings (SSSR count). The maximum Gasteiger partial charge on any atom is 0.314 e. The van der Waals surface area contributed by atoms with E-state index in [1.165, 1.54) is 0 Å². The maximum atomic E-state index is 11.8. The first kappa shape index (κ1) is 16.7. The lowest BCUT2D eigenvalue weighted by atomic mass is 9.80. The molecule has 2 aromatic rings. The molecule has 0 fully saturated rings. The molecule has 24 heavy (non-hydrogen) atoms. The van der Waals surface area contributed by atoms with Gasteiger partial charge in [-0.2, -0.15) is 0 Å². The van der Waals surface area contributed by atoms with E-state index in [4.69, 9.17) is 0 Å². The van der Waals surface area contributed by atoms with E-state index in [0.717, 1.165) is 27.8 Å². The quantitative estimate of drug-likeness (QED) is 0.581. The van der Waals surface area contributed by atoms with Gasteiger partial charge in [-0.3, -0.25) is 4.79 Å². The first-order chi connectivity index (χ1) is 11.4. The third-order valence-corrected chi connectivity index (χ3v) is 5.43. The zero-order valence-electron chi connectivity index (χ0n) is 13.7. The highest BCUT2D eigenvalue weighted by molar-refractivity contribution is 9.09. The van der Waals surface area contributed by atoms with Crippen LogP contribution < -0.4 is 0 Å². The number of aliphatic carboxylic acids is 1. The second-order valence-electron chi connectivity index (χ2n) is 6.17. The molecule has 2 unspecified atom stereocenters. The van der Waals surface area contributed by atoms with Gasteiger partial charge < -0.3 is 5.11 Å². The predicted molar refractivity (Wildman–Crippen MR) is 101 cm³/mol. The number of hydrogen-bond acceptors (Lipinski definition) is 1. The van der Waals surface area contributed by atoms with Crippen LogP contribution in [-0.2, 0) is 9.12 Å². The Kier molecular flexibility index (Phi) is 4.46. The fourth-order valence-corrected chi connectivity index (χ4v) is 4.08. The molecule has 1 N–H and O–H groups in total. The molecular weight excluding hydrogens is 364 g/mol. The van der Waals surface area contributed by atoms with Gasteiger partial charge in [0.2, 0.25) is 0 Å². The average Bonchev–Trinajstić information content (AvgIpc) is 2.55. The number of benzene rings is 2. The van der Waals surface area contributed by atoms with Crippen LogP contribution in [0.2, 0.25) is 0 Å². The van der Waals surface area contributed by atoms with Crippen LogP contribution in [0.1, 0.15) is 22.3 Å². The Labute approximate surface area is 150 Å². The van der Waals surface area contributed by atoms with E-state index < -0.39 is 16.2 Å². The molecule has 0 spiro atoms. The first-order valence-electron chi connectivity index (χ1n) is 7.88. The van der Waals surface area contributed by atoms with Crippen LogP contribution in [0.5, 0.6) is 0 Å². The normalized spacial score (nSPS) is 23.0. The molecule has 0 radical (unpaired) electrons. The van der Waals surface area contributed by atoms with Gasteiger partial charge in [-0.1, -0.05) is 82.7 Å². The number of aryl methyl sites for hydroxylation is 2. The molecule has 2 nitrogen and oxygen atoms in total. The van der Waals surface area contributed by atoms with Crippen LogP contribution in [0, 0.1) is 19.8 Å². The summed E-state index contributed by atoms with van der Waals surface area (Å²) in [7, 11) is 0. The Balaban J connectivity index is 2.19. The van der Waals surface area contributed by atoms with Crippen molar-refractivity contribution < 1.29 is 9.90 Å². The van der Waals surface area contributed by atoms with Crippen molar-refractivity contribution in [3.63, 3.8) is 0 Å². The number of allylic oxidation sites excluding steroid dienone is 2. The second kappa shape index (κ2) is 6.40.